The normalized spacial score (nSPS) is 14.2. The Kier molecular flexibility index (Phi) is 8.84. The van der Waals surface area contributed by atoms with Gasteiger partial charge in [0.1, 0.15) is 0 Å². The summed E-state index contributed by atoms with van der Waals surface area (Å²) >= 11 is 0. The molecule has 0 N–H and O–H groups in total. The molecule has 0 fully saturated rings. The third-order valence-corrected chi connectivity index (χ3v) is 4.06. The molecule has 15 heteroatoms. The summed E-state index contributed by atoms with van der Waals surface area (Å²) in [6.45, 7) is 1.91. The lowest BCUT2D eigenvalue weighted by atomic mass is 10.1. The highest BCUT2D eigenvalue weighted by atomic mass is 32.2. The molecule has 25 heavy (non-hydrogen) atoms. The third-order valence-electron chi connectivity index (χ3n) is 2.27. The van der Waals surface area contributed by atoms with Crippen LogP contribution in [0.2, 0.25) is 0 Å². The fraction of sp³-hybridized carbons (Fsp3) is 0.900. The van der Waals surface area contributed by atoms with E-state index in [-0.39, 0.29) is 0 Å². The summed E-state index contributed by atoms with van der Waals surface area (Å²) in [4.78, 5) is 10.6. The summed E-state index contributed by atoms with van der Waals surface area (Å²) in [5.74, 6) is -13.7. The van der Waals surface area contributed by atoms with E-state index < -0.39 is 33.4 Å². The lowest BCUT2D eigenvalue weighted by Crippen LogP contribution is -2.63. The maximum atomic E-state index is 12.2. The first-order chi connectivity index (χ1) is 10.7. The quantitative estimate of drug-likeness (QED) is 0.368. The van der Waals surface area contributed by atoms with Crippen molar-refractivity contribution in [2.45, 2.75) is 36.6 Å². The Balaban J connectivity index is 0. The molecule has 0 atom stereocenters. The number of rotatable bonds is 6. The van der Waals surface area contributed by atoms with Gasteiger partial charge in [0.05, 0.1) is 12.5 Å². The summed E-state index contributed by atoms with van der Waals surface area (Å²) in [7, 11) is -7.11. The van der Waals surface area contributed by atoms with Crippen molar-refractivity contribution in [1.82, 2.24) is 0 Å². The second kappa shape index (κ2) is 8.33. The van der Waals surface area contributed by atoms with E-state index in [1.165, 1.54) is 0 Å². The predicted molar refractivity (Wildman–Crippen MR) is 70.0 cm³/mol. The van der Waals surface area contributed by atoms with Crippen molar-refractivity contribution in [2.75, 3.05) is 18.3 Å². The van der Waals surface area contributed by atoms with Crippen LogP contribution in [0.4, 0.5) is 39.5 Å². The SMILES string of the molecule is CCC(=O)C[S+](C)C.O=S(=O)([O-])C(F)(F)C(F)(F)C(F)(F)C(F)(F)F. The topological polar surface area (TPSA) is 74.3 Å². The molecule has 0 aromatic carbocycles. The van der Waals surface area contributed by atoms with E-state index in [2.05, 4.69) is 12.5 Å². The number of halogens is 9. The van der Waals surface area contributed by atoms with Crippen molar-refractivity contribution in [3.63, 3.8) is 0 Å². The van der Waals surface area contributed by atoms with Crippen molar-refractivity contribution in [2.24, 2.45) is 0 Å². The second-order valence-electron chi connectivity index (χ2n) is 4.64. The zero-order valence-electron chi connectivity index (χ0n) is 12.8. The highest BCUT2D eigenvalue weighted by Crippen LogP contribution is 2.54. The maximum absolute atomic E-state index is 12.2. The highest BCUT2D eigenvalue weighted by molar-refractivity contribution is 7.96. The lowest BCUT2D eigenvalue weighted by molar-refractivity contribution is -0.382. The summed E-state index contributed by atoms with van der Waals surface area (Å²) in [6.07, 6.45) is -2.28. The molecule has 0 aliphatic rings. The number of hydrogen-bond acceptors (Lipinski definition) is 4. The molecule has 0 saturated carbocycles. The number of carbonyl (C=O) groups is 1. The van der Waals surface area contributed by atoms with Gasteiger partial charge in [-0.05, 0) is 10.9 Å². The van der Waals surface area contributed by atoms with E-state index in [0.29, 0.717) is 23.1 Å². The molecule has 0 bridgehead atoms. The Morgan fingerprint density at radius 1 is 0.920 bits per heavy atom. The van der Waals surface area contributed by atoms with Gasteiger partial charge in [0, 0.05) is 6.42 Å². The molecule has 0 rings (SSSR count). The molecule has 0 aliphatic carbocycles. The first-order valence-electron chi connectivity index (χ1n) is 5.88. The van der Waals surface area contributed by atoms with Gasteiger partial charge in [-0.1, -0.05) is 6.92 Å². The lowest BCUT2D eigenvalue weighted by Gasteiger charge is -2.34. The summed E-state index contributed by atoms with van der Waals surface area (Å²) in [5, 5.41) is -7.11. The molecule has 0 unspecified atom stereocenters. The van der Waals surface area contributed by atoms with Gasteiger partial charge in [-0.3, -0.25) is 4.79 Å². The summed E-state index contributed by atoms with van der Waals surface area (Å²) in [5.41, 5.74) is 0. The zero-order valence-corrected chi connectivity index (χ0v) is 14.4. The zero-order chi connectivity index (χ0) is 21.1. The Bertz CT molecular complexity index is 555. The molecule has 4 nitrogen and oxygen atoms in total. The molecule has 0 saturated heterocycles. The van der Waals surface area contributed by atoms with E-state index in [1.807, 2.05) is 6.92 Å². The average molecular weight is 432 g/mol. The summed E-state index contributed by atoms with van der Waals surface area (Å²) < 4.78 is 135. The smallest absolute Gasteiger partial charge is 0.460 e. The Labute approximate surface area is 139 Å². The van der Waals surface area contributed by atoms with Gasteiger partial charge < -0.3 is 4.55 Å². The van der Waals surface area contributed by atoms with E-state index >= 15 is 0 Å². The van der Waals surface area contributed by atoms with Crippen LogP contribution in [-0.2, 0) is 25.8 Å². The molecule has 0 spiro atoms. The molecule has 0 heterocycles. The minimum atomic E-state index is -7.43. The molecule has 0 aromatic heterocycles. The fourth-order valence-electron chi connectivity index (χ4n) is 0.942. The summed E-state index contributed by atoms with van der Waals surface area (Å²) in [6, 6.07) is 0. The van der Waals surface area contributed by atoms with Crippen LogP contribution in [-0.4, -0.2) is 60.3 Å². The van der Waals surface area contributed by atoms with Gasteiger partial charge in [0.2, 0.25) is 0 Å². The second-order valence-corrected chi connectivity index (χ2v) is 8.32. The van der Waals surface area contributed by atoms with Crippen LogP contribution >= 0.6 is 0 Å². The van der Waals surface area contributed by atoms with Crippen LogP contribution in [0.5, 0.6) is 0 Å². The van der Waals surface area contributed by atoms with Gasteiger partial charge in [-0.2, -0.15) is 39.5 Å². The molecule has 152 valence electrons. The van der Waals surface area contributed by atoms with Gasteiger partial charge in [0.15, 0.2) is 21.7 Å². The molecule has 0 aromatic rings. The molecular formula is C10H13F9O4S2. The van der Waals surface area contributed by atoms with Crippen LogP contribution in [0.1, 0.15) is 13.3 Å². The Hall–Kier alpha value is -0.700. The molecular weight excluding hydrogens is 419 g/mol. The van der Waals surface area contributed by atoms with Crippen molar-refractivity contribution in [3.05, 3.63) is 0 Å². The average Bonchev–Trinajstić information content (AvgIpc) is 2.35. The Morgan fingerprint density at radius 2 is 1.28 bits per heavy atom. The van der Waals surface area contributed by atoms with E-state index in [4.69, 9.17) is 0 Å². The van der Waals surface area contributed by atoms with Crippen molar-refractivity contribution >= 4 is 26.8 Å². The van der Waals surface area contributed by atoms with Crippen LogP contribution in [0.25, 0.3) is 0 Å². The van der Waals surface area contributed by atoms with Gasteiger partial charge in [0.25, 0.3) is 0 Å². The Morgan fingerprint density at radius 3 is 1.44 bits per heavy atom. The van der Waals surface area contributed by atoms with Crippen molar-refractivity contribution in [3.8, 4) is 0 Å². The van der Waals surface area contributed by atoms with E-state index in [9.17, 15) is 57.3 Å². The number of hydrogen-bond donors (Lipinski definition) is 0. The van der Waals surface area contributed by atoms with Crippen LogP contribution < -0.4 is 0 Å². The van der Waals surface area contributed by atoms with Gasteiger partial charge in [-0.15, -0.1) is 0 Å². The predicted octanol–water partition coefficient (Wildman–Crippen LogP) is 2.80. The maximum Gasteiger partial charge on any atom is 0.460 e. The molecule has 0 aliphatic heterocycles. The fourth-order valence-corrected chi connectivity index (χ4v) is 2.23. The van der Waals surface area contributed by atoms with Crippen molar-refractivity contribution < 1.29 is 57.3 Å². The third kappa shape index (κ3) is 6.20. The van der Waals surface area contributed by atoms with E-state index in [1.54, 1.807) is 0 Å². The van der Waals surface area contributed by atoms with Gasteiger partial charge >= 0.3 is 23.3 Å². The number of Topliss-reactive ketones (excluding diaryl/α,β-unsaturated/α-hetero) is 1. The van der Waals surface area contributed by atoms with Crippen molar-refractivity contribution in [1.29, 1.82) is 0 Å². The first kappa shape index (κ1) is 26.5. The monoisotopic (exact) mass is 432 g/mol. The highest BCUT2D eigenvalue weighted by Gasteiger charge is 2.83. The van der Waals surface area contributed by atoms with Crippen LogP contribution in [0, 0.1) is 0 Å². The van der Waals surface area contributed by atoms with Crippen LogP contribution in [0.3, 0.4) is 0 Å². The first-order valence-corrected chi connectivity index (χ1v) is 9.50. The molecule has 0 radical (unpaired) electrons. The van der Waals surface area contributed by atoms with Crippen LogP contribution in [0.15, 0.2) is 0 Å². The largest absolute Gasteiger partial charge is 0.743 e. The number of alkyl halides is 9. The minimum absolute atomic E-state index is 0.305. The standard InChI is InChI=1S/C6H13OS.C4HF9O3S/c1-4-6(7)5-8(2)3;5-1(6,3(9,10)11)2(7,8)4(12,13)17(14,15)16/h4-5H2,1-3H3;(H,14,15,16)/q+1;/p-1. The number of carbonyl (C=O) groups excluding carboxylic acids is 1. The van der Waals surface area contributed by atoms with E-state index in [0.717, 1.165) is 5.75 Å². The molecule has 0 amide bonds. The number of ketones is 1. The minimum Gasteiger partial charge on any atom is -0.743 e. The van der Waals surface area contributed by atoms with Gasteiger partial charge in [-0.25, -0.2) is 8.42 Å².